The summed E-state index contributed by atoms with van der Waals surface area (Å²) in [6, 6.07) is 62.7. The van der Waals surface area contributed by atoms with E-state index in [2.05, 4.69) is 30.3 Å². The number of para-hydroxylation sites is 2. The molecule has 11 aromatic rings. The molecule has 0 amide bonds. The van der Waals surface area contributed by atoms with Crippen molar-refractivity contribution in [3.63, 3.8) is 0 Å². The SMILES string of the molecule is N#Cc1cc(C#N)c(-c2ccc3c(c2)c2ccccc2n3-c2ccc(C#N)cc2-c2cc(-c3ccc(C(F)(F)F)cc3C#N)ccc2-n2c3ccccc3c3cc(-c4c(C#N)cc(C#N)cc4C#N)ccc32)c(C#N)c1. The molecule has 2 heterocycles. The lowest BCUT2D eigenvalue weighted by Gasteiger charge is -2.20. The minimum atomic E-state index is -4.71. The largest absolute Gasteiger partial charge is 0.416 e. The van der Waals surface area contributed by atoms with Crippen molar-refractivity contribution in [2.75, 3.05) is 0 Å². The molecule has 0 saturated carbocycles. The molecule has 0 spiro atoms. The first-order valence-electron chi connectivity index (χ1n) is 23.1. The molecule has 350 valence electrons. The number of nitrogens with zero attached hydrogens (tertiary/aromatic N) is 10. The van der Waals surface area contributed by atoms with Crippen LogP contribution in [0.15, 0.2) is 164 Å². The van der Waals surface area contributed by atoms with Crippen LogP contribution in [0.4, 0.5) is 13.2 Å². The van der Waals surface area contributed by atoms with Crippen LogP contribution in [-0.2, 0) is 6.18 Å². The fourth-order valence-electron chi connectivity index (χ4n) is 10.4. The van der Waals surface area contributed by atoms with E-state index < -0.39 is 11.7 Å². The van der Waals surface area contributed by atoms with Gasteiger partial charge < -0.3 is 9.13 Å². The van der Waals surface area contributed by atoms with Crippen molar-refractivity contribution in [3.8, 4) is 104 Å². The zero-order valence-electron chi connectivity index (χ0n) is 39.2. The first kappa shape index (κ1) is 46.7. The van der Waals surface area contributed by atoms with Gasteiger partial charge in [0.15, 0.2) is 0 Å². The molecule has 11 rings (SSSR count). The highest BCUT2D eigenvalue weighted by Gasteiger charge is 2.32. The number of rotatable bonds is 6. The fourth-order valence-corrected chi connectivity index (χ4v) is 10.4. The Kier molecular flexibility index (Phi) is 11.1. The maximum absolute atomic E-state index is 14.1. The lowest BCUT2D eigenvalue weighted by Crippen LogP contribution is -2.05. The van der Waals surface area contributed by atoms with Crippen LogP contribution in [0, 0.1) is 90.6 Å². The number of aromatic nitrogens is 2. The molecule has 0 aliphatic heterocycles. The number of halogens is 3. The molecule has 0 aliphatic rings. The second-order valence-corrected chi connectivity index (χ2v) is 17.7. The van der Waals surface area contributed by atoms with Gasteiger partial charge in [0.1, 0.15) is 0 Å². The summed E-state index contributed by atoms with van der Waals surface area (Å²) in [4.78, 5) is 0. The maximum Gasteiger partial charge on any atom is 0.416 e. The molecule has 76 heavy (non-hydrogen) atoms. The van der Waals surface area contributed by atoms with Gasteiger partial charge in [-0.05, 0) is 125 Å². The Morgan fingerprint density at radius 2 is 0.737 bits per heavy atom. The Balaban J connectivity index is 1.22. The average molecular weight is 981 g/mol. The molecule has 10 nitrogen and oxygen atoms in total. The maximum atomic E-state index is 14.1. The van der Waals surface area contributed by atoms with Crippen LogP contribution < -0.4 is 0 Å². The Bertz CT molecular complexity index is 4680. The van der Waals surface area contributed by atoms with Crippen molar-refractivity contribution in [3.05, 3.63) is 214 Å². The van der Waals surface area contributed by atoms with Crippen LogP contribution in [0.25, 0.3) is 99.5 Å². The third kappa shape index (κ3) is 7.44. The first-order chi connectivity index (χ1) is 36.9. The van der Waals surface area contributed by atoms with Crippen molar-refractivity contribution >= 4 is 43.6 Å². The standard InChI is InChI=1S/C63H27F3N10/c64-63(65,66)47-13-14-48(42(24-47)31-70)39-10-16-60(76-56-8-4-2-6-50(56)53-27-41(12-18-59(53)76)62-45(34-73)21-38(30-69)22-46(62)35-74)54(25-39)51-23-36(28-67)9-15-57(51)75-55-7-3-1-5-49(55)52-26-40(11-17-58(52)75)61-43(32-71)19-37(29-68)20-44(61)33-72/h1-27H. The second-order valence-electron chi connectivity index (χ2n) is 17.7. The van der Waals surface area contributed by atoms with E-state index in [1.165, 1.54) is 30.3 Å². The van der Waals surface area contributed by atoms with Gasteiger partial charge in [0.25, 0.3) is 0 Å². The Morgan fingerprint density at radius 3 is 1.18 bits per heavy atom. The minimum Gasteiger partial charge on any atom is -0.309 e. The van der Waals surface area contributed by atoms with Crippen LogP contribution in [-0.4, -0.2) is 9.13 Å². The van der Waals surface area contributed by atoms with Gasteiger partial charge in [0, 0.05) is 43.8 Å². The van der Waals surface area contributed by atoms with Gasteiger partial charge in [0.05, 0.1) is 132 Å². The van der Waals surface area contributed by atoms with E-state index in [9.17, 15) is 55.3 Å². The van der Waals surface area contributed by atoms with Gasteiger partial charge in [-0.15, -0.1) is 0 Å². The Labute approximate surface area is 430 Å². The molecule has 0 saturated heterocycles. The summed E-state index contributed by atoms with van der Waals surface area (Å²) < 4.78 is 46.3. The van der Waals surface area contributed by atoms with E-state index >= 15 is 0 Å². The van der Waals surface area contributed by atoms with Crippen LogP contribution in [0.3, 0.4) is 0 Å². The molecule has 0 radical (unpaired) electrons. The van der Waals surface area contributed by atoms with Crippen molar-refractivity contribution in [1.29, 1.82) is 42.1 Å². The van der Waals surface area contributed by atoms with Crippen molar-refractivity contribution < 1.29 is 13.2 Å². The highest BCUT2D eigenvalue weighted by Crippen LogP contribution is 2.45. The molecular formula is C63H27F3N10. The molecule has 0 fully saturated rings. The monoisotopic (exact) mass is 980 g/mol. The van der Waals surface area contributed by atoms with Crippen LogP contribution in [0.5, 0.6) is 0 Å². The summed E-state index contributed by atoms with van der Waals surface area (Å²) in [6.07, 6.45) is -4.71. The quantitative estimate of drug-likeness (QED) is 0.157. The number of benzene rings is 9. The van der Waals surface area contributed by atoms with Crippen LogP contribution in [0.2, 0.25) is 0 Å². The molecule has 0 unspecified atom stereocenters. The second kappa shape index (κ2) is 18.2. The number of alkyl halides is 3. The zero-order valence-corrected chi connectivity index (χ0v) is 39.2. The molecule has 0 aliphatic carbocycles. The van der Waals surface area contributed by atoms with E-state index in [0.29, 0.717) is 61.4 Å². The first-order valence-corrected chi connectivity index (χ1v) is 23.1. The number of fused-ring (bicyclic) bond motifs is 6. The number of hydrogen-bond donors (Lipinski definition) is 0. The van der Waals surface area contributed by atoms with Gasteiger partial charge in [-0.1, -0.05) is 60.7 Å². The normalized spacial score (nSPS) is 11.0. The van der Waals surface area contributed by atoms with E-state index in [4.69, 9.17) is 0 Å². The average Bonchev–Trinajstić information content (AvgIpc) is 3.98. The Morgan fingerprint density at radius 1 is 0.316 bits per heavy atom. The van der Waals surface area contributed by atoms with Crippen molar-refractivity contribution in [2.24, 2.45) is 0 Å². The van der Waals surface area contributed by atoms with Crippen LogP contribution in [0.1, 0.15) is 50.1 Å². The lowest BCUT2D eigenvalue weighted by molar-refractivity contribution is -0.137. The summed E-state index contributed by atoms with van der Waals surface area (Å²) >= 11 is 0. The minimum absolute atomic E-state index is 0.149. The lowest BCUT2D eigenvalue weighted by atomic mass is 9.92. The highest BCUT2D eigenvalue weighted by molar-refractivity contribution is 6.13. The van der Waals surface area contributed by atoms with Crippen LogP contribution >= 0.6 is 0 Å². The smallest absolute Gasteiger partial charge is 0.309 e. The molecule has 2 aromatic heterocycles. The topological polar surface area (TPSA) is 200 Å². The third-order valence-corrected chi connectivity index (χ3v) is 13.6. The van der Waals surface area contributed by atoms with E-state index in [0.717, 1.165) is 44.7 Å². The third-order valence-electron chi connectivity index (χ3n) is 13.6. The molecule has 0 N–H and O–H groups in total. The summed E-state index contributed by atoms with van der Waals surface area (Å²) in [6.45, 7) is 0. The Hall–Kier alpha value is -11.7. The van der Waals surface area contributed by atoms with Crippen molar-refractivity contribution in [2.45, 2.75) is 6.18 Å². The molecule has 9 aromatic carbocycles. The van der Waals surface area contributed by atoms with Gasteiger partial charge in [0.2, 0.25) is 0 Å². The fraction of sp³-hybridized carbons (Fsp3) is 0.0159. The van der Waals surface area contributed by atoms with Gasteiger partial charge in [-0.2, -0.15) is 55.3 Å². The predicted molar refractivity (Wildman–Crippen MR) is 280 cm³/mol. The molecule has 0 atom stereocenters. The van der Waals surface area contributed by atoms with E-state index in [1.807, 2.05) is 112 Å². The van der Waals surface area contributed by atoms with E-state index in [-0.39, 0.29) is 50.1 Å². The summed E-state index contributed by atoms with van der Waals surface area (Å²) in [7, 11) is 0. The number of hydrogen-bond acceptors (Lipinski definition) is 8. The van der Waals surface area contributed by atoms with Gasteiger partial charge in [-0.3, -0.25) is 0 Å². The summed E-state index contributed by atoms with van der Waals surface area (Å²) in [5, 5.41) is 84.3. The summed E-state index contributed by atoms with van der Waals surface area (Å²) in [5.74, 6) is 0. The van der Waals surface area contributed by atoms with E-state index in [1.54, 1.807) is 36.4 Å². The number of nitriles is 8. The molecule has 0 bridgehead atoms. The highest BCUT2D eigenvalue weighted by atomic mass is 19.4. The zero-order chi connectivity index (χ0) is 53.0. The van der Waals surface area contributed by atoms with Gasteiger partial charge >= 0.3 is 6.18 Å². The predicted octanol–water partition coefficient (Wildman–Crippen LogP) is 14.5. The molecular weight excluding hydrogens is 954 g/mol. The van der Waals surface area contributed by atoms with Gasteiger partial charge in [-0.25, -0.2) is 0 Å². The molecule has 13 heteroatoms. The van der Waals surface area contributed by atoms with Crippen molar-refractivity contribution in [1.82, 2.24) is 9.13 Å². The summed E-state index contributed by atoms with van der Waals surface area (Å²) in [5.41, 5.74) is 7.62.